The smallest absolute Gasteiger partial charge is 0.359 e. The fourth-order valence-corrected chi connectivity index (χ4v) is 3.63. The van der Waals surface area contributed by atoms with Gasteiger partial charge < -0.3 is 9.64 Å². The van der Waals surface area contributed by atoms with Gasteiger partial charge in [-0.2, -0.15) is 0 Å². The lowest BCUT2D eigenvalue weighted by molar-refractivity contribution is -0.133. The van der Waals surface area contributed by atoms with Crippen molar-refractivity contribution in [3.05, 3.63) is 57.3 Å². The summed E-state index contributed by atoms with van der Waals surface area (Å²) in [5.41, 5.74) is 3.48. The molecule has 26 heavy (non-hydrogen) atoms. The number of rotatable bonds is 5. The topological polar surface area (TPSA) is 63.9 Å². The maximum Gasteiger partial charge on any atom is 0.359 e. The number of aryl methyl sites for hydroxylation is 2. The Kier molecular flexibility index (Phi) is 5.29. The Balaban J connectivity index is 1.62. The zero-order valence-electron chi connectivity index (χ0n) is 14.7. The molecule has 1 aromatic carbocycles. The number of thiazole rings is 1. The van der Waals surface area contributed by atoms with E-state index in [0.717, 1.165) is 11.1 Å². The first-order valence-corrected chi connectivity index (χ1v) is 9.21. The fraction of sp³-hybridized carbons (Fsp3) is 0.278. The number of carbonyl (C=O) groups is 2. The van der Waals surface area contributed by atoms with Crippen molar-refractivity contribution in [2.75, 3.05) is 13.7 Å². The average molecular weight is 392 g/mol. The minimum Gasteiger partial charge on any atom is -0.451 e. The number of benzene rings is 1. The molecule has 3 aromatic rings. The van der Waals surface area contributed by atoms with E-state index >= 15 is 0 Å². The number of ether oxygens (including phenoxy) is 1. The van der Waals surface area contributed by atoms with E-state index < -0.39 is 5.97 Å². The largest absolute Gasteiger partial charge is 0.451 e. The minimum absolute atomic E-state index is 0.0675. The Morgan fingerprint density at radius 2 is 2.12 bits per heavy atom. The van der Waals surface area contributed by atoms with Crippen LogP contribution in [0.5, 0.6) is 0 Å². The zero-order valence-corrected chi connectivity index (χ0v) is 16.2. The summed E-state index contributed by atoms with van der Waals surface area (Å²) in [5, 5.41) is 1.86. The first-order chi connectivity index (χ1) is 12.4. The molecule has 6 nitrogen and oxygen atoms in total. The maximum atomic E-state index is 12.3. The van der Waals surface area contributed by atoms with Crippen molar-refractivity contribution in [1.29, 1.82) is 0 Å². The molecule has 2 heterocycles. The van der Waals surface area contributed by atoms with Crippen LogP contribution in [0.3, 0.4) is 0 Å². The van der Waals surface area contributed by atoms with E-state index in [1.165, 1.54) is 21.8 Å². The number of imidazole rings is 1. The molecule has 0 N–H and O–H groups in total. The standard InChI is InChI=1S/C18H18ClN3O3S/c1-11-4-5-13(12(2)8-11)9-21(3)14(23)10-25-17(24)15-16(19)20-18-22(15)6-7-26-18/h4-8H,9-10H2,1-3H3. The van der Waals surface area contributed by atoms with Crippen LogP contribution in [-0.2, 0) is 16.1 Å². The lowest BCUT2D eigenvalue weighted by atomic mass is 10.1. The predicted molar refractivity (Wildman–Crippen MR) is 101 cm³/mol. The van der Waals surface area contributed by atoms with Gasteiger partial charge in [0, 0.05) is 25.2 Å². The molecule has 0 aliphatic heterocycles. The van der Waals surface area contributed by atoms with Gasteiger partial charge >= 0.3 is 5.97 Å². The van der Waals surface area contributed by atoms with E-state index in [-0.39, 0.29) is 23.4 Å². The van der Waals surface area contributed by atoms with E-state index in [2.05, 4.69) is 11.1 Å². The molecule has 8 heteroatoms. The van der Waals surface area contributed by atoms with Gasteiger partial charge in [-0.05, 0) is 25.0 Å². The monoisotopic (exact) mass is 391 g/mol. The summed E-state index contributed by atoms with van der Waals surface area (Å²) in [5.74, 6) is -0.963. The molecular weight excluding hydrogens is 374 g/mol. The predicted octanol–water partition coefficient (Wildman–Crippen LogP) is 3.48. The average Bonchev–Trinajstić information content (AvgIpc) is 3.14. The van der Waals surface area contributed by atoms with Crippen molar-refractivity contribution in [3.63, 3.8) is 0 Å². The Morgan fingerprint density at radius 3 is 2.85 bits per heavy atom. The Morgan fingerprint density at radius 1 is 1.35 bits per heavy atom. The number of likely N-dealkylation sites (N-methyl/N-ethyl adjacent to an activating group) is 1. The van der Waals surface area contributed by atoms with Gasteiger partial charge in [0.25, 0.3) is 5.91 Å². The molecule has 2 aromatic heterocycles. The highest BCUT2D eigenvalue weighted by Gasteiger charge is 2.22. The van der Waals surface area contributed by atoms with Crippen molar-refractivity contribution < 1.29 is 14.3 Å². The Hall–Kier alpha value is -2.38. The van der Waals surface area contributed by atoms with Crippen LogP contribution < -0.4 is 0 Å². The number of carbonyl (C=O) groups excluding carboxylic acids is 2. The second-order valence-corrected chi connectivity index (χ2v) is 7.29. The van der Waals surface area contributed by atoms with Crippen molar-refractivity contribution in [1.82, 2.24) is 14.3 Å². The van der Waals surface area contributed by atoms with Crippen molar-refractivity contribution in [3.8, 4) is 0 Å². The Labute approximate surface area is 160 Å². The van der Waals surface area contributed by atoms with E-state index in [9.17, 15) is 9.59 Å². The summed E-state index contributed by atoms with van der Waals surface area (Å²) in [7, 11) is 1.68. The van der Waals surface area contributed by atoms with Gasteiger partial charge in [0.15, 0.2) is 22.4 Å². The SMILES string of the molecule is Cc1ccc(CN(C)C(=O)COC(=O)c2c(Cl)nc3sccn23)c(C)c1. The molecule has 0 saturated heterocycles. The molecule has 0 atom stereocenters. The fourth-order valence-electron chi connectivity index (χ4n) is 2.61. The number of amides is 1. The van der Waals surface area contributed by atoms with Gasteiger partial charge in [-0.25, -0.2) is 9.78 Å². The van der Waals surface area contributed by atoms with E-state index in [1.807, 2.05) is 26.0 Å². The molecule has 1 amide bonds. The molecule has 0 aliphatic rings. The molecule has 0 spiro atoms. The van der Waals surface area contributed by atoms with Crippen LogP contribution in [0.1, 0.15) is 27.2 Å². The zero-order chi connectivity index (χ0) is 18.8. The minimum atomic E-state index is -0.672. The molecular formula is C18H18ClN3O3S. The molecule has 0 fully saturated rings. The highest BCUT2D eigenvalue weighted by atomic mass is 35.5. The third kappa shape index (κ3) is 3.73. The normalized spacial score (nSPS) is 10.9. The highest BCUT2D eigenvalue weighted by Crippen LogP contribution is 2.22. The molecule has 0 radical (unpaired) electrons. The summed E-state index contributed by atoms with van der Waals surface area (Å²) >= 11 is 7.35. The molecule has 0 saturated carbocycles. The number of halogens is 1. The third-order valence-corrected chi connectivity index (χ3v) is 5.09. The summed E-state index contributed by atoms with van der Waals surface area (Å²) < 4.78 is 6.70. The molecule has 0 unspecified atom stereocenters. The van der Waals surface area contributed by atoms with Crippen molar-refractivity contribution in [2.24, 2.45) is 0 Å². The number of fused-ring (bicyclic) bond motifs is 1. The Bertz CT molecular complexity index is 979. The maximum absolute atomic E-state index is 12.3. The molecule has 0 aliphatic carbocycles. The molecule has 136 valence electrons. The first kappa shape index (κ1) is 18.4. The number of esters is 1. The van der Waals surface area contributed by atoms with Crippen LogP contribution in [0.25, 0.3) is 4.96 Å². The quantitative estimate of drug-likeness (QED) is 0.624. The number of hydrogen-bond donors (Lipinski definition) is 0. The van der Waals surface area contributed by atoms with Crippen molar-refractivity contribution >= 4 is 39.8 Å². The number of hydrogen-bond acceptors (Lipinski definition) is 5. The molecule has 3 rings (SSSR count). The van der Waals surface area contributed by atoms with Crippen LogP contribution in [0.2, 0.25) is 5.15 Å². The van der Waals surface area contributed by atoms with Gasteiger partial charge in [0.1, 0.15) is 0 Å². The molecule has 0 bridgehead atoms. The highest BCUT2D eigenvalue weighted by molar-refractivity contribution is 7.15. The lowest BCUT2D eigenvalue weighted by Gasteiger charge is -2.18. The van der Waals surface area contributed by atoms with Gasteiger partial charge in [0.2, 0.25) is 0 Å². The van der Waals surface area contributed by atoms with Crippen LogP contribution in [-0.4, -0.2) is 39.8 Å². The van der Waals surface area contributed by atoms with Gasteiger partial charge in [0.05, 0.1) is 0 Å². The number of nitrogens with zero attached hydrogens (tertiary/aromatic N) is 3. The van der Waals surface area contributed by atoms with Crippen LogP contribution in [0.15, 0.2) is 29.8 Å². The van der Waals surface area contributed by atoms with Crippen LogP contribution in [0.4, 0.5) is 0 Å². The summed E-state index contributed by atoms with van der Waals surface area (Å²) in [6.45, 7) is 4.13. The van der Waals surface area contributed by atoms with E-state index in [1.54, 1.807) is 23.0 Å². The van der Waals surface area contributed by atoms with Crippen LogP contribution in [0, 0.1) is 13.8 Å². The van der Waals surface area contributed by atoms with Crippen LogP contribution >= 0.6 is 22.9 Å². The van der Waals surface area contributed by atoms with Gasteiger partial charge in [-0.15, -0.1) is 11.3 Å². The van der Waals surface area contributed by atoms with E-state index in [0.29, 0.717) is 11.5 Å². The number of aromatic nitrogens is 2. The first-order valence-electron chi connectivity index (χ1n) is 7.95. The second-order valence-electron chi connectivity index (χ2n) is 6.06. The van der Waals surface area contributed by atoms with Gasteiger partial charge in [-0.1, -0.05) is 35.4 Å². The third-order valence-electron chi connectivity index (χ3n) is 4.07. The van der Waals surface area contributed by atoms with Gasteiger partial charge in [-0.3, -0.25) is 9.20 Å². The summed E-state index contributed by atoms with van der Waals surface area (Å²) in [6, 6.07) is 6.08. The summed E-state index contributed by atoms with van der Waals surface area (Å²) in [6.07, 6.45) is 1.68. The van der Waals surface area contributed by atoms with Crippen molar-refractivity contribution in [2.45, 2.75) is 20.4 Å². The summed E-state index contributed by atoms with van der Waals surface area (Å²) in [4.78, 5) is 30.8. The van der Waals surface area contributed by atoms with E-state index in [4.69, 9.17) is 16.3 Å². The lowest BCUT2D eigenvalue weighted by Crippen LogP contribution is -2.31. The second kappa shape index (κ2) is 7.47.